The molecule has 3 aromatic rings. The molecule has 31 heavy (non-hydrogen) atoms. The fraction of sp³-hybridized carbons (Fsp3) is 0.522. The minimum atomic E-state index is 0.146. The van der Waals surface area contributed by atoms with Crippen molar-refractivity contribution < 1.29 is 9.47 Å². The van der Waals surface area contributed by atoms with Gasteiger partial charge in [0.05, 0.1) is 42.0 Å². The molecule has 0 bridgehead atoms. The summed E-state index contributed by atoms with van der Waals surface area (Å²) in [7, 11) is 0. The van der Waals surface area contributed by atoms with E-state index in [0.29, 0.717) is 12.6 Å². The molecule has 0 saturated carbocycles. The quantitative estimate of drug-likeness (QED) is 0.643. The Bertz CT molecular complexity index is 1060. The third-order valence-electron chi connectivity index (χ3n) is 6.28. The van der Waals surface area contributed by atoms with Gasteiger partial charge in [-0.3, -0.25) is 4.57 Å². The molecule has 2 fully saturated rings. The van der Waals surface area contributed by atoms with E-state index in [0.717, 1.165) is 42.3 Å². The molecule has 0 aliphatic carbocycles. The Hall–Kier alpha value is -2.71. The first-order valence-corrected chi connectivity index (χ1v) is 11.1. The van der Waals surface area contributed by atoms with Crippen LogP contribution in [0.3, 0.4) is 0 Å². The van der Waals surface area contributed by atoms with Crippen molar-refractivity contribution in [2.75, 3.05) is 36.0 Å². The third-order valence-corrected chi connectivity index (χ3v) is 6.28. The van der Waals surface area contributed by atoms with E-state index in [2.05, 4.69) is 54.6 Å². The third kappa shape index (κ3) is 3.85. The van der Waals surface area contributed by atoms with Crippen LogP contribution in [0.15, 0.2) is 36.7 Å². The molecule has 8 heteroatoms. The SMILES string of the molecule is CC1CN(c2cc(N3CCOC(C)C3C)nc(-n3cnc4ccccc43)n2)CC(C)O1. The normalized spacial score (nSPS) is 27.1. The first-order valence-electron chi connectivity index (χ1n) is 11.1. The van der Waals surface area contributed by atoms with Crippen LogP contribution in [0.1, 0.15) is 27.7 Å². The highest BCUT2D eigenvalue weighted by molar-refractivity contribution is 5.76. The van der Waals surface area contributed by atoms with Crippen LogP contribution in [-0.2, 0) is 9.47 Å². The van der Waals surface area contributed by atoms with Gasteiger partial charge in [-0.25, -0.2) is 4.98 Å². The van der Waals surface area contributed by atoms with E-state index in [1.165, 1.54) is 0 Å². The molecule has 1 aromatic carbocycles. The Balaban J connectivity index is 1.62. The Labute approximate surface area is 182 Å². The standard InChI is InChI=1S/C23H30N6O2/c1-15-12-27(13-16(2)31-15)21-11-22(28-9-10-30-18(4)17(28)3)26-23(25-21)29-14-24-19-7-5-6-8-20(19)29/h5-8,11,14-18H,9-10,12-13H2,1-4H3. The van der Waals surface area contributed by atoms with Gasteiger partial charge >= 0.3 is 0 Å². The van der Waals surface area contributed by atoms with Gasteiger partial charge in [0.25, 0.3) is 0 Å². The number of anilines is 2. The molecule has 4 heterocycles. The number of morpholine rings is 2. The van der Waals surface area contributed by atoms with Gasteiger partial charge in [-0.1, -0.05) is 12.1 Å². The van der Waals surface area contributed by atoms with Crippen LogP contribution in [0, 0.1) is 0 Å². The summed E-state index contributed by atoms with van der Waals surface area (Å²) in [6.07, 6.45) is 2.26. The minimum absolute atomic E-state index is 0.146. The van der Waals surface area contributed by atoms with E-state index < -0.39 is 0 Å². The van der Waals surface area contributed by atoms with Crippen molar-refractivity contribution >= 4 is 22.7 Å². The summed E-state index contributed by atoms with van der Waals surface area (Å²) in [6, 6.07) is 10.4. The highest BCUT2D eigenvalue weighted by Gasteiger charge is 2.29. The summed E-state index contributed by atoms with van der Waals surface area (Å²) < 4.78 is 13.8. The molecule has 0 N–H and O–H groups in total. The van der Waals surface area contributed by atoms with E-state index in [-0.39, 0.29) is 24.4 Å². The number of hydrogen-bond acceptors (Lipinski definition) is 7. The van der Waals surface area contributed by atoms with Crippen molar-refractivity contribution in [3.8, 4) is 5.95 Å². The summed E-state index contributed by atoms with van der Waals surface area (Å²) in [6.45, 7) is 11.6. The van der Waals surface area contributed by atoms with Gasteiger partial charge in [-0.2, -0.15) is 9.97 Å². The summed E-state index contributed by atoms with van der Waals surface area (Å²) in [4.78, 5) is 19.2. The van der Waals surface area contributed by atoms with Crippen molar-refractivity contribution in [1.29, 1.82) is 0 Å². The Morgan fingerprint density at radius 3 is 2.52 bits per heavy atom. The van der Waals surface area contributed by atoms with Crippen LogP contribution in [-0.4, -0.2) is 70.1 Å². The smallest absolute Gasteiger partial charge is 0.239 e. The van der Waals surface area contributed by atoms with Gasteiger partial charge in [0.1, 0.15) is 18.0 Å². The van der Waals surface area contributed by atoms with Crippen LogP contribution in [0.2, 0.25) is 0 Å². The molecule has 2 aromatic heterocycles. The van der Waals surface area contributed by atoms with Crippen LogP contribution >= 0.6 is 0 Å². The van der Waals surface area contributed by atoms with Gasteiger partial charge in [0.15, 0.2) is 0 Å². The van der Waals surface area contributed by atoms with Crippen molar-refractivity contribution in [1.82, 2.24) is 19.5 Å². The Kier molecular flexibility index (Phi) is 5.27. The second kappa shape index (κ2) is 8.09. The molecule has 164 valence electrons. The zero-order chi connectivity index (χ0) is 21.5. The summed E-state index contributed by atoms with van der Waals surface area (Å²) in [5.74, 6) is 2.48. The number of imidazole rings is 1. The summed E-state index contributed by atoms with van der Waals surface area (Å²) in [5, 5.41) is 0. The number of fused-ring (bicyclic) bond motifs is 1. The molecule has 2 aliphatic heterocycles. The molecule has 4 unspecified atom stereocenters. The van der Waals surface area contributed by atoms with Gasteiger partial charge < -0.3 is 19.3 Å². The Morgan fingerprint density at radius 1 is 0.968 bits per heavy atom. The van der Waals surface area contributed by atoms with Gasteiger partial charge in [0.2, 0.25) is 5.95 Å². The molecule has 0 spiro atoms. The molecule has 4 atom stereocenters. The summed E-state index contributed by atoms with van der Waals surface area (Å²) in [5.41, 5.74) is 1.93. The average Bonchev–Trinajstić information content (AvgIpc) is 3.19. The monoisotopic (exact) mass is 422 g/mol. The number of aromatic nitrogens is 4. The number of nitrogens with zero attached hydrogens (tertiary/aromatic N) is 6. The molecule has 2 aliphatic rings. The maximum absolute atomic E-state index is 5.95. The topological polar surface area (TPSA) is 68.5 Å². The number of hydrogen-bond donors (Lipinski definition) is 0. The molecule has 8 nitrogen and oxygen atoms in total. The lowest BCUT2D eigenvalue weighted by Crippen LogP contribution is -2.49. The second-order valence-corrected chi connectivity index (χ2v) is 8.66. The van der Waals surface area contributed by atoms with Crippen LogP contribution in [0.25, 0.3) is 17.0 Å². The highest BCUT2D eigenvalue weighted by atomic mass is 16.5. The number of rotatable bonds is 3. The molecule has 2 saturated heterocycles. The van der Waals surface area contributed by atoms with Gasteiger partial charge in [-0.05, 0) is 39.8 Å². The zero-order valence-electron chi connectivity index (χ0n) is 18.6. The Morgan fingerprint density at radius 2 is 1.71 bits per heavy atom. The lowest BCUT2D eigenvalue weighted by atomic mass is 10.1. The van der Waals surface area contributed by atoms with Crippen LogP contribution in [0.5, 0.6) is 0 Å². The number of benzene rings is 1. The first kappa shape index (κ1) is 20.2. The molecule has 5 rings (SSSR count). The zero-order valence-corrected chi connectivity index (χ0v) is 18.6. The predicted molar refractivity (Wildman–Crippen MR) is 121 cm³/mol. The first-order chi connectivity index (χ1) is 15.0. The van der Waals surface area contributed by atoms with E-state index in [1.807, 2.05) is 29.1 Å². The lowest BCUT2D eigenvalue weighted by molar-refractivity contribution is -0.00547. The highest BCUT2D eigenvalue weighted by Crippen LogP contribution is 2.28. The van der Waals surface area contributed by atoms with Crippen molar-refractivity contribution in [2.45, 2.75) is 52.0 Å². The van der Waals surface area contributed by atoms with E-state index in [9.17, 15) is 0 Å². The van der Waals surface area contributed by atoms with Gasteiger partial charge in [-0.15, -0.1) is 0 Å². The van der Waals surface area contributed by atoms with E-state index >= 15 is 0 Å². The molecule has 0 amide bonds. The molecular formula is C23H30N6O2. The van der Waals surface area contributed by atoms with Crippen molar-refractivity contribution in [2.24, 2.45) is 0 Å². The lowest BCUT2D eigenvalue weighted by Gasteiger charge is -2.40. The number of ether oxygens (including phenoxy) is 2. The van der Waals surface area contributed by atoms with Crippen molar-refractivity contribution in [3.05, 3.63) is 36.7 Å². The second-order valence-electron chi connectivity index (χ2n) is 8.66. The maximum Gasteiger partial charge on any atom is 0.239 e. The maximum atomic E-state index is 5.95. The van der Waals surface area contributed by atoms with Crippen LogP contribution in [0.4, 0.5) is 11.6 Å². The largest absolute Gasteiger partial charge is 0.375 e. The molecular weight excluding hydrogens is 392 g/mol. The molecule has 0 radical (unpaired) electrons. The van der Waals surface area contributed by atoms with E-state index in [4.69, 9.17) is 19.4 Å². The van der Waals surface area contributed by atoms with Crippen molar-refractivity contribution in [3.63, 3.8) is 0 Å². The summed E-state index contributed by atoms with van der Waals surface area (Å²) >= 11 is 0. The predicted octanol–water partition coefficient (Wildman–Crippen LogP) is 3.04. The fourth-order valence-electron chi connectivity index (χ4n) is 4.57. The van der Waals surface area contributed by atoms with Gasteiger partial charge in [0, 0.05) is 25.7 Å². The average molecular weight is 423 g/mol. The minimum Gasteiger partial charge on any atom is -0.375 e. The van der Waals surface area contributed by atoms with E-state index in [1.54, 1.807) is 0 Å². The van der Waals surface area contributed by atoms with Crippen LogP contribution < -0.4 is 9.80 Å². The fourth-order valence-corrected chi connectivity index (χ4v) is 4.57. The number of para-hydroxylation sites is 2.